The summed E-state index contributed by atoms with van der Waals surface area (Å²) in [6.07, 6.45) is 1.84. The van der Waals surface area contributed by atoms with E-state index in [1.807, 2.05) is 24.4 Å². The standard InChI is InChI=1S/C58H36N4O/c1-3-13-37(14-4-1)51-33-43(34-52(60-51)38-15-5-2-6-16-38)62-54-21-11-8-18-45(54)48-32-41(26-30-56(48)62)40-25-29-55-47(31-40)44-17-7-10-20-53(44)61(55)42-27-23-39(24-28-42)50-35-49-46-19-9-12-22-57(46)63-58(49)36-59-50/h1-36H. The van der Waals surface area contributed by atoms with Gasteiger partial charge in [-0.2, -0.15) is 0 Å². The summed E-state index contributed by atoms with van der Waals surface area (Å²) in [4.78, 5) is 9.96. The van der Waals surface area contributed by atoms with Gasteiger partial charge in [0, 0.05) is 54.7 Å². The number of fused-ring (bicyclic) bond motifs is 9. The summed E-state index contributed by atoms with van der Waals surface area (Å²) in [5, 5.41) is 7.03. The molecule has 0 fully saturated rings. The Morgan fingerprint density at radius 3 is 1.38 bits per heavy atom. The number of furan rings is 1. The van der Waals surface area contributed by atoms with Crippen molar-refractivity contribution in [2.75, 3.05) is 0 Å². The SMILES string of the molecule is c1ccc(-c2cc(-n3c4ccccc4c4cc(-c5ccc6c(c5)c5ccccc5n6-c5ccc(-c6cc7c(cn6)oc6ccccc67)cc5)ccc43)cc(-c3ccccc3)n2)cc1. The van der Waals surface area contributed by atoms with Crippen molar-refractivity contribution in [3.63, 3.8) is 0 Å². The van der Waals surface area contributed by atoms with Crippen LogP contribution in [0.2, 0.25) is 0 Å². The molecule has 0 aliphatic heterocycles. The Hall–Kier alpha value is -8.54. The third-order valence-corrected chi connectivity index (χ3v) is 12.6. The predicted octanol–water partition coefficient (Wildman–Crippen LogP) is 15.2. The van der Waals surface area contributed by atoms with E-state index in [1.165, 1.54) is 38.2 Å². The molecule has 63 heavy (non-hydrogen) atoms. The van der Waals surface area contributed by atoms with Crippen LogP contribution in [0.4, 0.5) is 0 Å². The van der Waals surface area contributed by atoms with E-state index in [1.54, 1.807) is 0 Å². The van der Waals surface area contributed by atoms with Crippen molar-refractivity contribution < 1.29 is 4.42 Å². The van der Waals surface area contributed by atoms with E-state index < -0.39 is 0 Å². The third kappa shape index (κ3) is 5.71. The predicted molar refractivity (Wildman–Crippen MR) is 260 cm³/mol. The smallest absolute Gasteiger partial charge is 0.153 e. The summed E-state index contributed by atoms with van der Waals surface area (Å²) in [6.45, 7) is 0. The normalized spacial score (nSPS) is 11.8. The molecule has 0 amide bonds. The minimum atomic E-state index is 0.799. The third-order valence-electron chi connectivity index (χ3n) is 12.6. The zero-order chi connectivity index (χ0) is 41.4. The second kappa shape index (κ2) is 14.0. The molecule has 0 saturated heterocycles. The van der Waals surface area contributed by atoms with E-state index in [9.17, 15) is 0 Å². The molecule has 0 radical (unpaired) electrons. The van der Waals surface area contributed by atoms with Crippen molar-refractivity contribution >= 4 is 65.6 Å². The number of aromatic nitrogens is 4. The van der Waals surface area contributed by atoms with Crippen molar-refractivity contribution in [2.24, 2.45) is 0 Å². The van der Waals surface area contributed by atoms with Gasteiger partial charge in [-0.15, -0.1) is 0 Å². The van der Waals surface area contributed by atoms with Crippen molar-refractivity contribution in [3.8, 4) is 56.3 Å². The van der Waals surface area contributed by atoms with Gasteiger partial charge in [-0.3, -0.25) is 4.98 Å². The van der Waals surface area contributed by atoms with Crippen LogP contribution in [0.15, 0.2) is 223 Å². The summed E-state index contributed by atoms with van der Waals surface area (Å²) >= 11 is 0. The number of nitrogens with zero attached hydrogens (tertiary/aromatic N) is 4. The molecule has 0 aliphatic rings. The molecule has 0 N–H and O–H groups in total. The quantitative estimate of drug-likeness (QED) is 0.168. The second-order valence-electron chi connectivity index (χ2n) is 16.2. The molecule has 0 atom stereocenters. The molecule has 5 heterocycles. The van der Waals surface area contributed by atoms with E-state index in [4.69, 9.17) is 14.4 Å². The fraction of sp³-hybridized carbons (Fsp3) is 0. The van der Waals surface area contributed by atoms with Crippen molar-refractivity contribution in [3.05, 3.63) is 219 Å². The molecule has 0 spiro atoms. The number of para-hydroxylation sites is 3. The van der Waals surface area contributed by atoms with Crippen LogP contribution < -0.4 is 0 Å². The lowest BCUT2D eigenvalue weighted by atomic mass is 10.0. The van der Waals surface area contributed by atoms with Gasteiger partial charge in [0.15, 0.2) is 5.58 Å². The van der Waals surface area contributed by atoms with Crippen LogP contribution in [-0.2, 0) is 0 Å². The van der Waals surface area contributed by atoms with Crippen molar-refractivity contribution in [1.82, 2.24) is 19.1 Å². The minimum Gasteiger partial charge on any atom is -0.454 e. The van der Waals surface area contributed by atoms with Gasteiger partial charge in [0.2, 0.25) is 0 Å². The summed E-state index contributed by atoms with van der Waals surface area (Å²) in [6, 6.07) is 75.7. The Kier molecular flexibility index (Phi) is 7.84. The summed E-state index contributed by atoms with van der Waals surface area (Å²) in [7, 11) is 0. The molecule has 13 rings (SSSR count). The number of pyridine rings is 2. The maximum absolute atomic E-state index is 6.05. The molecule has 0 unspecified atom stereocenters. The average Bonchev–Trinajstić information content (AvgIpc) is 4.01. The van der Waals surface area contributed by atoms with Gasteiger partial charge in [0.25, 0.3) is 0 Å². The Labute approximate surface area is 362 Å². The highest BCUT2D eigenvalue weighted by molar-refractivity contribution is 6.13. The first kappa shape index (κ1) is 35.2. The number of rotatable bonds is 6. The Bertz CT molecular complexity index is 3840. The van der Waals surface area contributed by atoms with Crippen LogP contribution in [0.1, 0.15) is 0 Å². The molecular formula is C58H36N4O. The summed E-state index contributed by atoms with van der Waals surface area (Å²) < 4.78 is 10.8. The van der Waals surface area contributed by atoms with Crippen LogP contribution in [-0.4, -0.2) is 19.1 Å². The van der Waals surface area contributed by atoms with Crippen molar-refractivity contribution in [1.29, 1.82) is 0 Å². The fourth-order valence-corrected chi connectivity index (χ4v) is 9.59. The molecule has 5 nitrogen and oxygen atoms in total. The van der Waals surface area contributed by atoms with Crippen LogP contribution in [0.3, 0.4) is 0 Å². The number of hydrogen-bond donors (Lipinski definition) is 0. The molecule has 0 bridgehead atoms. The minimum absolute atomic E-state index is 0.799. The van der Waals surface area contributed by atoms with E-state index in [2.05, 4.69) is 203 Å². The molecule has 13 aromatic rings. The highest BCUT2D eigenvalue weighted by atomic mass is 16.3. The van der Waals surface area contributed by atoms with Gasteiger partial charge in [0.1, 0.15) is 5.58 Å². The number of benzene rings is 8. The molecule has 0 saturated carbocycles. The monoisotopic (exact) mass is 804 g/mol. The first-order valence-electron chi connectivity index (χ1n) is 21.3. The second-order valence-corrected chi connectivity index (χ2v) is 16.2. The molecule has 294 valence electrons. The topological polar surface area (TPSA) is 48.8 Å². The molecule has 5 heteroatoms. The first-order chi connectivity index (χ1) is 31.2. The zero-order valence-electron chi connectivity index (χ0n) is 34.0. The van der Waals surface area contributed by atoms with Gasteiger partial charge >= 0.3 is 0 Å². The van der Waals surface area contributed by atoms with Crippen LogP contribution in [0, 0.1) is 0 Å². The van der Waals surface area contributed by atoms with Crippen LogP contribution in [0.5, 0.6) is 0 Å². The molecule has 0 aliphatic carbocycles. The Morgan fingerprint density at radius 1 is 0.302 bits per heavy atom. The molecule has 8 aromatic carbocycles. The van der Waals surface area contributed by atoms with Gasteiger partial charge < -0.3 is 13.6 Å². The Balaban J connectivity index is 0.915. The lowest BCUT2D eigenvalue weighted by molar-refractivity contribution is 0.667. The van der Waals surface area contributed by atoms with Gasteiger partial charge in [0.05, 0.1) is 51.0 Å². The fourth-order valence-electron chi connectivity index (χ4n) is 9.59. The first-order valence-corrected chi connectivity index (χ1v) is 21.3. The zero-order valence-corrected chi connectivity index (χ0v) is 34.0. The van der Waals surface area contributed by atoms with Crippen LogP contribution in [0.25, 0.3) is 122 Å². The van der Waals surface area contributed by atoms with Crippen LogP contribution >= 0.6 is 0 Å². The maximum atomic E-state index is 6.05. The van der Waals surface area contributed by atoms with E-state index in [0.717, 1.165) is 83.6 Å². The van der Waals surface area contributed by atoms with Gasteiger partial charge in [-0.1, -0.05) is 140 Å². The van der Waals surface area contributed by atoms with Crippen molar-refractivity contribution in [2.45, 2.75) is 0 Å². The number of hydrogen-bond acceptors (Lipinski definition) is 3. The van der Waals surface area contributed by atoms with E-state index in [-0.39, 0.29) is 0 Å². The largest absolute Gasteiger partial charge is 0.454 e. The van der Waals surface area contributed by atoms with E-state index >= 15 is 0 Å². The summed E-state index contributed by atoms with van der Waals surface area (Å²) in [5.41, 5.74) is 16.9. The average molecular weight is 805 g/mol. The van der Waals surface area contributed by atoms with Gasteiger partial charge in [-0.05, 0) is 83.9 Å². The van der Waals surface area contributed by atoms with Gasteiger partial charge in [-0.25, -0.2) is 4.98 Å². The summed E-state index contributed by atoms with van der Waals surface area (Å²) in [5.74, 6) is 0. The lowest BCUT2D eigenvalue weighted by Crippen LogP contribution is -1.98. The highest BCUT2D eigenvalue weighted by Gasteiger charge is 2.18. The van der Waals surface area contributed by atoms with E-state index in [0.29, 0.717) is 0 Å². The maximum Gasteiger partial charge on any atom is 0.153 e. The highest BCUT2D eigenvalue weighted by Crippen LogP contribution is 2.40. The molecule has 5 aromatic heterocycles. The lowest BCUT2D eigenvalue weighted by Gasteiger charge is -2.13. The Morgan fingerprint density at radius 2 is 0.778 bits per heavy atom. The molecular weight excluding hydrogens is 769 g/mol.